The van der Waals surface area contributed by atoms with E-state index in [-0.39, 0.29) is 6.61 Å². The summed E-state index contributed by atoms with van der Waals surface area (Å²) >= 11 is 1.57. The van der Waals surface area contributed by atoms with E-state index < -0.39 is 12.1 Å². The Morgan fingerprint density at radius 1 is 1.13 bits per heavy atom. The van der Waals surface area contributed by atoms with Crippen LogP contribution < -0.4 is 4.74 Å². The van der Waals surface area contributed by atoms with E-state index in [0.717, 1.165) is 16.1 Å². The molecule has 0 aliphatic heterocycles. The van der Waals surface area contributed by atoms with Crippen LogP contribution in [0.15, 0.2) is 95.4 Å². The predicted octanol–water partition coefficient (Wildman–Crippen LogP) is 5.92. The molecular formula is C24H19NO4S. The van der Waals surface area contributed by atoms with Crippen LogP contribution in [0.25, 0.3) is 21.9 Å². The third-order valence-electron chi connectivity index (χ3n) is 4.28. The molecule has 3 heterocycles. The number of hydrogen-bond donors (Lipinski definition) is 0. The molecule has 3 aromatic heterocycles. The Morgan fingerprint density at radius 3 is 2.70 bits per heavy atom. The molecule has 6 heteroatoms. The van der Waals surface area contributed by atoms with Gasteiger partial charge in [-0.1, -0.05) is 49.1 Å². The van der Waals surface area contributed by atoms with Gasteiger partial charge in [-0.15, -0.1) is 11.3 Å². The molecule has 4 rings (SSSR count). The van der Waals surface area contributed by atoms with Gasteiger partial charge >= 0.3 is 5.97 Å². The molecule has 0 fully saturated rings. The zero-order valence-corrected chi connectivity index (χ0v) is 16.9. The maximum atomic E-state index is 12.7. The van der Waals surface area contributed by atoms with Crippen LogP contribution in [0.4, 0.5) is 0 Å². The third-order valence-corrected chi connectivity index (χ3v) is 5.17. The molecule has 0 saturated heterocycles. The van der Waals surface area contributed by atoms with Gasteiger partial charge in [-0.05, 0) is 29.6 Å². The number of benzene rings is 1. The van der Waals surface area contributed by atoms with Gasteiger partial charge < -0.3 is 13.9 Å². The van der Waals surface area contributed by atoms with Gasteiger partial charge in [0, 0.05) is 17.2 Å². The molecule has 0 saturated carbocycles. The first kappa shape index (κ1) is 19.7. The number of esters is 1. The fourth-order valence-corrected chi connectivity index (χ4v) is 3.60. The molecule has 30 heavy (non-hydrogen) atoms. The van der Waals surface area contributed by atoms with Crippen LogP contribution >= 0.6 is 11.3 Å². The lowest BCUT2D eigenvalue weighted by Crippen LogP contribution is -2.22. The van der Waals surface area contributed by atoms with Crippen LogP contribution in [0, 0.1) is 0 Å². The summed E-state index contributed by atoms with van der Waals surface area (Å²) in [6.45, 7) is 3.69. The average molecular weight is 417 g/mol. The van der Waals surface area contributed by atoms with E-state index in [4.69, 9.17) is 13.9 Å². The topological polar surface area (TPSA) is 61.6 Å². The second-order valence-electron chi connectivity index (χ2n) is 6.36. The van der Waals surface area contributed by atoms with Gasteiger partial charge in [0.15, 0.2) is 0 Å². The summed E-state index contributed by atoms with van der Waals surface area (Å²) in [6.07, 6.45) is 2.17. The zero-order chi connectivity index (χ0) is 20.8. The Balaban J connectivity index is 1.73. The zero-order valence-electron chi connectivity index (χ0n) is 16.1. The summed E-state index contributed by atoms with van der Waals surface area (Å²) in [5, 5.41) is 1.98. The molecule has 0 N–H and O–H groups in total. The highest BCUT2D eigenvalue weighted by atomic mass is 32.1. The van der Waals surface area contributed by atoms with Crippen molar-refractivity contribution < 1.29 is 18.7 Å². The lowest BCUT2D eigenvalue weighted by Gasteiger charge is -2.18. The highest BCUT2D eigenvalue weighted by molar-refractivity contribution is 7.13. The lowest BCUT2D eigenvalue weighted by molar-refractivity contribution is -0.151. The molecule has 0 amide bonds. The minimum Gasteiger partial charge on any atom is -0.464 e. The molecule has 0 radical (unpaired) electrons. The first-order valence-corrected chi connectivity index (χ1v) is 10.2. The number of aromatic nitrogens is 1. The molecule has 5 nitrogen and oxygen atoms in total. The molecule has 0 spiro atoms. The van der Waals surface area contributed by atoms with Crippen LogP contribution in [-0.4, -0.2) is 17.6 Å². The Labute approximate surface area is 178 Å². The average Bonchev–Trinajstić information content (AvgIpc) is 3.51. The van der Waals surface area contributed by atoms with Crippen molar-refractivity contribution in [2.75, 3.05) is 6.61 Å². The Bertz CT molecular complexity index is 1050. The second-order valence-corrected chi connectivity index (χ2v) is 7.31. The Morgan fingerprint density at radius 2 is 2.00 bits per heavy atom. The van der Waals surface area contributed by atoms with Crippen LogP contribution in [0.5, 0.6) is 5.88 Å². The largest absolute Gasteiger partial charge is 0.464 e. The van der Waals surface area contributed by atoms with E-state index >= 15 is 0 Å². The first-order chi connectivity index (χ1) is 14.7. The summed E-state index contributed by atoms with van der Waals surface area (Å²) in [5.41, 5.74) is 2.22. The molecule has 1 unspecified atom stereocenters. The van der Waals surface area contributed by atoms with E-state index in [1.807, 2.05) is 66.0 Å². The van der Waals surface area contributed by atoms with Gasteiger partial charge in [0.2, 0.25) is 12.0 Å². The van der Waals surface area contributed by atoms with Gasteiger partial charge in [0.05, 0.1) is 16.8 Å². The molecule has 0 aliphatic carbocycles. The van der Waals surface area contributed by atoms with Gasteiger partial charge in [0.1, 0.15) is 12.4 Å². The van der Waals surface area contributed by atoms with Crippen LogP contribution in [0.1, 0.15) is 11.7 Å². The van der Waals surface area contributed by atoms with Crippen molar-refractivity contribution in [1.82, 2.24) is 4.98 Å². The summed E-state index contributed by atoms with van der Waals surface area (Å²) in [4.78, 5) is 18.3. The fourth-order valence-electron chi connectivity index (χ4n) is 2.92. The molecule has 1 aromatic carbocycles. The van der Waals surface area contributed by atoms with E-state index in [9.17, 15) is 4.79 Å². The van der Waals surface area contributed by atoms with Crippen molar-refractivity contribution in [3.05, 3.63) is 96.6 Å². The predicted molar refractivity (Wildman–Crippen MR) is 116 cm³/mol. The lowest BCUT2D eigenvalue weighted by atomic mass is 10.1. The van der Waals surface area contributed by atoms with Crippen molar-refractivity contribution in [3.8, 4) is 27.8 Å². The number of hydrogen-bond acceptors (Lipinski definition) is 6. The molecule has 150 valence electrons. The van der Waals surface area contributed by atoms with E-state index in [1.165, 1.54) is 6.08 Å². The first-order valence-electron chi connectivity index (χ1n) is 9.33. The quantitative estimate of drug-likeness (QED) is 0.263. The third kappa shape index (κ3) is 4.50. The summed E-state index contributed by atoms with van der Waals surface area (Å²) in [7, 11) is 0. The highest BCUT2D eigenvalue weighted by Gasteiger charge is 2.25. The minimum atomic E-state index is -0.957. The van der Waals surface area contributed by atoms with E-state index in [0.29, 0.717) is 17.2 Å². The number of ether oxygens (including phenoxy) is 2. The summed E-state index contributed by atoms with van der Waals surface area (Å²) < 4.78 is 16.9. The summed E-state index contributed by atoms with van der Waals surface area (Å²) in [6, 6.07) is 20.5. The van der Waals surface area contributed by atoms with Crippen LogP contribution in [0.2, 0.25) is 0 Å². The van der Waals surface area contributed by atoms with Gasteiger partial charge in [-0.25, -0.2) is 9.78 Å². The number of thiophene rings is 1. The number of pyridine rings is 1. The van der Waals surface area contributed by atoms with Crippen LogP contribution in [-0.2, 0) is 9.53 Å². The normalized spacial score (nSPS) is 11.6. The Hall–Kier alpha value is -3.64. The second kappa shape index (κ2) is 9.24. The van der Waals surface area contributed by atoms with E-state index in [2.05, 4.69) is 11.6 Å². The Kier molecular flexibility index (Phi) is 6.06. The van der Waals surface area contributed by atoms with Crippen molar-refractivity contribution in [1.29, 1.82) is 0 Å². The monoisotopic (exact) mass is 417 g/mol. The van der Waals surface area contributed by atoms with Crippen LogP contribution in [0.3, 0.4) is 0 Å². The highest BCUT2D eigenvalue weighted by Crippen LogP contribution is 2.33. The summed E-state index contributed by atoms with van der Waals surface area (Å²) in [5.74, 6) is 0.478. The van der Waals surface area contributed by atoms with E-state index in [1.54, 1.807) is 23.7 Å². The molecule has 0 aliphatic rings. The SMILES string of the molecule is C=CCOC(=O)C(Oc1cc(-c2ccco2)cc(-c2cccs2)n1)c1ccccc1. The standard InChI is InChI=1S/C24H19NO4S/c1-2-12-28-24(26)23(17-8-4-3-5-9-17)29-22-16-18(20-10-6-13-27-20)15-19(25-22)21-11-7-14-30-21/h2-11,13-16,23H,1,12H2. The van der Waals surface area contributed by atoms with Gasteiger partial charge in [-0.3, -0.25) is 0 Å². The number of furan rings is 1. The van der Waals surface area contributed by atoms with Crippen molar-refractivity contribution >= 4 is 17.3 Å². The molecular weight excluding hydrogens is 398 g/mol. The smallest absolute Gasteiger partial charge is 0.352 e. The molecule has 4 aromatic rings. The maximum absolute atomic E-state index is 12.7. The number of rotatable bonds is 8. The minimum absolute atomic E-state index is 0.103. The molecule has 1 atom stereocenters. The molecule has 0 bridgehead atoms. The van der Waals surface area contributed by atoms with Gasteiger partial charge in [-0.2, -0.15) is 0 Å². The number of carbonyl (C=O) groups excluding carboxylic acids is 1. The fraction of sp³-hybridized carbons (Fsp3) is 0.0833. The van der Waals surface area contributed by atoms with Crippen molar-refractivity contribution in [2.45, 2.75) is 6.10 Å². The number of carbonyl (C=O) groups is 1. The van der Waals surface area contributed by atoms with Crippen molar-refractivity contribution in [2.24, 2.45) is 0 Å². The maximum Gasteiger partial charge on any atom is 0.352 e. The number of nitrogens with zero attached hydrogens (tertiary/aromatic N) is 1. The van der Waals surface area contributed by atoms with Crippen molar-refractivity contribution in [3.63, 3.8) is 0 Å². The van der Waals surface area contributed by atoms with Gasteiger partial charge in [0.25, 0.3) is 0 Å².